The van der Waals surface area contributed by atoms with Gasteiger partial charge in [-0.3, -0.25) is 4.68 Å². The summed E-state index contributed by atoms with van der Waals surface area (Å²) in [5.74, 6) is 2.59. The summed E-state index contributed by atoms with van der Waals surface area (Å²) in [5, 5.41) is 4.26. The van der Waals surface area contributed by atoms with Crippen LogP contribution in [0.15, 0.2) is 12.4 Å². The minimum atomic E-state index is 0.774. The number of hydrogen-bond donors (Lipinski definition) is 1. The van der Waals surface area contributed by atoms with Crippen molar-refractivity contribution in [2.45, 2.75) is 46.1 Å². The second-order valence-electron chi connectivity index (χ2n) is 5.52. The van der Waals surface area contributed by atoms with Gasteiger partial charge in [0.15, 0.2) is 0 Å². The topological polar surface area (TPSA) is 43.8 Å². The maximum atomic E-state index is 5.66. The summed E-state index contributed by atoms with van der Waals surface area (Å²) >= 11 is 0. The molecule has 0 spiro atoms. The molecule has 90 valence electrons. The maximum Gasteiger partial charge on any atom is 0.0719 e. The fourth-order valence-corrected chi connectivity index (χ4v) is 2.78. The van der Waals surface area contributed by atoms with E-state index < -0.39 is 0 Å². The smallest absolute Gasteiger partial charge is 0.0719 e. The molecule has 0 amide bonds. The van der Waals surface area contributed by atoms with Crippen LogP contribution in [0.2, 0.25) is 0 Å². The second-order valence-corrected chi connectivity index (χ2v) is 5.52. The molecule has 0 atom stereocenters. The van der Waals surface area contributed by atoms with Gasteiger partial charge in [0.1, 0.15) is 0 Å². The number of anilines is 1. The average Bonchev–Trinajstić information content (AvgIpc) is 2.65. The summed E-state index contributed by atoms with van der Waals surface area (Å²) in [4.78, 5) is 0. The highest BCUT2D eigenvalue weighted by Crippen LogP contribution is 2.33. The van der Waals surface area contributed by atoms with Crippen molar-refractivity contribution in [3.63, 3.8) is 0 Å². The van der Waals surface area contributed by atoms with E-state index in [1.165, 1.54) is 25.7 Å². The molecule has 1 aliphatic rings. The Morgan fingerprint density at radius 1 is 1.38 bits per heavy atom. The van der Waals surface area contributed by atoms with Crippen molar-refractivity contribution >= 4 is 5.69 Å². The van der Waals surface area contributed by atoms with Crippen molar-refractivity contribution in [2.24, 2.45) is 17.8 Å². The Morgan fingerprint density at radius 2 is 2.06 bits per heavy atom. The van der Waals surface area contributed by atoms with Gasteiger partial charge in [-0.05, 0) is 43.4 Å². The molecule has 1 aromatic rings. The standard InChI is InChI=1S/C13H23N3/c1-10(2)12-5-3-11(4-6-12)8-16-9-13(14)7-15-16/h7,9-12H,3-6,8,14H2,1-2H3. The highest BCUT2D eigenvalue weighted by molar-refractivity contribution is 5.30. The summed E-state index contributed by atoms with van der Waals surface area (Å²) in [5.41, 5.74) is 6.44. The maximum absolute atomic E-state index is 5.66. The molecule has 0 aliphatic heterocycles. The van der Waals surface area contributed by atoms with Crippen molar-refractivity contribution in [2.75, 3.05) is 5.73 Å². The van der Waals surface area contributed by atoms with Crippen LogP contribution in [0.25, 0.3) is 0 Å². The van der Waals surface area contributed by atoms with Crippen molar-refractivity contribution < 1.29 is 0 Å². The molecular formula is C13H23N3. The molecule has 2 rings (SSSR count). The third kappa shape index (κ3) is 2.77. The summed E-state index contributed by atoms with van der Waals surface area (Å²) in [6, 6.07) is 0. The molecule has 1 fully saturated rings. The molecule has 3 heteroatoms. The fourth-order valence-electron chi connectivity index (χ4n) is 2.78. The Labute approximate surface area is 98.0 Å². The first-order valence-electron chi connectivity index (χ1n) is 6.43. The van der Waals surface area contributed by atoms with Crippen molar-refractivity contribution in [1.82, 2.24) is 9.78 Å². The van der Waals surface area contributed by atoms with Gasteiger partial charge in [0.25, 0.3) is 0 Å². The van der Waals surface area contributed by atoms with E-state index >= 15 is 0 Å². The first kappa shape index (κ1) is 11.5. The molecular weight excluding hydrogens is 198 g/mol. The van der Waals surface area contributed by atoms with Gasteiger partial charge in [0, 0.05) is 12.7 Å². The quantitative estimate of drug-likeness (QED) is 0.853. The largest absolute Gasteiger partial charge is 0.396 e. The van der Waals surface area contributed by atoms with Gasteiger partial charge in [-0.15, -0.1) is 0 Å². The van der Waals surface area contributed by atoms with Crippen LogP contribution in [0.5, 0.6) is 0 Å². The third-order valence-corrected chi connectivity index (χ3v) is 3.93. The lowest BCUT2D eigenvalue weighted by Gasteiger charge is -2.30. The van der Waals surface area contributed by atoms with Gasteiger partial charge in [0.05, 0.1) is 11.9 Å². The molecule has 1 heterocycles. The molecule has 0 radical (unpaired) electrons. The monoisotopic (exact) mass is 221 g/mol. The lowest BCUT2D eigenvalue weighted by Crippen LogP contribution is -2.21. The first-order chi connectivity index (χ1) is 7.65. The van der Waals surface area contributed by atoms with E-state index in [1.54, 1.807) is 6.20 Å². The molecule has 0 bridgehead atoms. The molecule has 1 aliphatic carbocycles. The Kier molecular flexibility index (Phi) is 3.52. The predicted octanol–water partition coefficient (Wildman–Crippen LogP) is 2.93. The Bertz CT molecular complexity index is 322. The number of nitrogens with zero attached hydrogens (tertiary/aromatic N) is 2. The Balaban J connectivity index is 1.81. The SMILES string of the molecule is CC(C)C1CCC(Cn2cc(N)cn2)CC1. The summed E-state index contributed by atoms with van der Waals surface area (Å²) in [6.45, 7) is 5.74. The highest BCUT2D eigenvalue weighted by atomic mass is 15.3. The molecule has 0 saturated heterocycles. The molecule has 1 aromatic heterocycles. The first-order valence-corrected chi connectivity index (χ1v) is 6.43. The van der Waals surface area contributed by atoms with Crippen LogP contribution in [0, 0.1) is 17.8 Å². The van der Waals surface area contributed by atoms with Crippen LogP contribution < -0.4 is 5.73 Å². The van der Waals surface area contributed by atoms with E-state index in [4.69, 9.17) is 5.73 Å². The van der Waals surface area contributed by atoms with E-state index in [0.717, 1.165) is 30.0 Å². The van der Waals surface area contributed by atoms with Crippen LogP contribution in [-0.4, -0.2) is 9.78 Å². The summed E-state index contributed by atoms with van der Waals surface area (Å²) < 4.78 is 2.00. The number of hydrogen-bond acceptors (Lipinski definition) is 2. The van der Waals surface area contributed by atoms with E-state index in [-0.39, 0.29) is 0 Å². The lowest BCUT2D eigenvalue weighted by molar-refractivity contribution is 0.206. The number of nitrogen functional groups attached to an aromatic ring is 1. The van der Waals surface area contributed by atoms with Crippen molar-refractivity contribution in [1.29, 1.82) is 0 Å². The van der Waals surface area contributed by atoms with Crippen LogP contribution in [-0.2, 0) is 6.54 Å². The fraction of sp³-hybridized carbons (Fsp3) is 0.769. The van der Waals surface area contributed by atoms with Gasteiger partial charge in [-0.1, -0.05) is 13.8 Å². The van der Waals surface area contributed by atoms with Crippen LogP contribution in [0.4, 0.5) is 5.69 Å². The van der Waals surface area contributed by atoms with Crippen LogP contribution in [0.3, 0.4) is 0 Å². The normalized spacial score (nSPS) is 26.2. The molecule has 1 saturated carbocycles. The summed E-state index contributed by atoms with van der Waals surface area (Å²) in [7, 11) is 0. The zero-order valence-corrected chi connectivity index (χ0v) is 10.4. The number of aromatic nitrogens is 2. The van der Waals surface area contributed by atoms with Crippen LogP contribution in [0.1, 0.15) is 39.5 Å². The van der Waals surface area contributed by atoms with Gasteiger partial charge in [0.2, 0.25) is 0 Å². The van der Waals surface area contributed by atoms with Crippen molar-refractivity contribution in [3.8, 4) is 0 Å². The second kappa shape index (κ2) is 4.89. The number of rotatable bonds is 3. The van der Waals surface area contributed by atoms with E-state index in [1.807, 2.05) is 10.9 Å². The molecule has 2 N–H and O–H groups in total. The van der Waals surface area contributed by atoms with Crippen LogP contribution >= 0.6 is 0 Å². The van der Waals surface area contributed by atoms with Gasteiger partial charge in [-0.25, -0.2) is 0 Å². The zero-order valence-electron chi connectivity index (χ0n) is 10.4. The van der Waals surface area contributed by atoms with E-state index in [9.17, 15) is 0 Å². The van der Waals surface area contributed by atoms with Crippen molar-refractivity contribution in [3.05, 3.63) is 12.4 Å². The van der Waals surface area contributed by atoms with Gasteiger partial charge >= 0.3 is 0 Å². The third-order valence-electron chi connectivity index (χ3n) is 3.93. The van der Waals surface area contributed by atoms with E-state index in [2.05, 4.69) is 18.9 Å². The van der Waals surface area contributed by atoms with Gasteiger partial charge < -0.3 is 5.73 Å². The Morgan fingerprint density at radius 3 is 2.56 bits per heavy atom. The molecule has 16 heavy (non-hydrogen) atoms. The number of nitrogens with two attached hydrogens (primary N) is 1. The predicted molar refractivity (Wildman–Crippen MR) is 66.9 cm³/mol. The highest BCUT2D eigenvalue weighted by Gasteiger charge is 2.23. The average molecular weight is 221 g/mol. The Hall–Kier alpha value is -0.990. The van der Waals surface area contributed by atoms with Gasteiger partial charge in [-0.2, -0.15) is 5.10 Å². The zero-order chi connectivity index (χ0) is 11.5. The molecule has 3 nitrogen and oxygen atoms in total. The molecule has 0 unspecified atom stereocenters. The minimum Gasteiger partial charge on any atom is -0.396 e. The summed E-state index contributed by atoms with van der Waals surface area (Å²) in [6.07, 6.45) is 9.15. The lowest BCUT2D eigenvalue weighted by atomic mass is 9.77. The minimum absolute atomic E-state index is 0.774. The molecule has 0 aromatic carbocycles. The van der Waals surface area contributed by atoms with E-state index in [0.29, 0.717) is 0 Å².